The molecule has 4 rings (SSSR count). The molecule has 0 unspecified atom stereocenters. The zero-order valence-corrected chi connectivity index (χ0v) is 15.9. The summed E-state index contributed by atoms with van der Waals surface area (Å²) >= 11 is 3.42. The van der Waals surface area contributed by atoms with Crippen LogP contribution in [0.1, 0.15) is 12.2 Å². The van der Waals surface area contributed by atoms with E-state index in [0.717, 1.165) is 21.2 Å². The van der Waals surface area contributed by atoms with Crippen molar-refractivity contribution in [1.82, 2.24) is 14.2 Å². The van der Waals surface area contributed by atoms with E-state index in [1.165, 1.54) is 9.08 Å². The molecule has 27 heavy (non-hydrogen) atoms. The number of rotatable bonds is 6. The van der Waals surface area contributed by atoms with E-state index in [4.69, 9.17) is 9.15 Å². The molecule has 8 heteroatoms. The number of carbonyl (C=O) groups excluding carboxylic acids is 1. The molecule has 0 spiro atoms. The normalized spacial score (nSPS) is 11.3. The van der Waals surface area contributed by atoms with Crippen molar-refractivity contribution in [3.05, 3.63) is 69.4 Å². The minimum atomic E-state index is -0.377. The number of halogens is 1. The van der Waals surface area contributed by atoms with Crippen molar-refractivity contribution in [2.24, 2.45) is 0 Å². The summed E-state index contributed by atoms with van der Waals surface area (Å²) in [6.07, 6.45) is 2.22. The number of furan rings is 1. The lowest BCUT2D eigenvalue weighted by Crippen LogP contribution is -2.23. The fourth-order valence-electron chi connectivity index (χ4n) is 2.84. The second-order valence-electron chi connectivity index (χ2n) is 6.05. The average Bonchev–Trinajstić information content (AvgIpc) is 3.20. The molecule has 3 heterocycles. The molecule has 0 bridgehead atoms. The van der Waals surface area contributed by atoms with Gasteiger partial charge >= 0.3 is 11.7 Å². The standard InChI is InChI=1S/C19H16BrN3O4/c20-14-4-5-16-13(11-14)12-15(27-16)7-10-26-18(24)6-9-23-19(25)22-8-2-1-3-17(22)21-23/h1-5,8,11-12H,6-7,9-10H2. The van der Waals surface area contributed by atoms with Crippen molar-refractivity contribution < 1.29 is 13.9 Å². The molecule has 0 aliphatic carbocycles. The maximum absolute atomic E-state index is 12.1. The van der Waals surface area contributed by atoms with Gasteiger partial charge in [0.15, 0.2) is 5.65 Å². The molecule has 0 aliphatic heterocycles. The van der Waals surface area contributed by atoms with E-state index in [-0.39, 0.29) is 31.2 Å². The minimum absolute atomic E-state index is 0.0802. The summed E-state index contributed by atoms with van der Waals surface area (Å²) in [4.78, 5) is 24.1. The van der Waals surface area contributed by atoms with Crippen LogP contribution in [0.5, 0.6) is 0 Å². The zero-order chi connectivity index (χ0) is 18.8. The Bertz CT molecular complexity index is 1170. The summed E-state index contributed by atoms with van der Waals surface area (Å²) in [7, 11) is 0. The van der Waals surface area contributed by atoms with Crippen LogP contribution in [0.25, 0.3) is 16.6 Å². The van der Waals surface area contributed by atoms with Gasteiger partial charge < -0.3 is 9.15 Å². The lowest BCUT2D eigenvalue weighted by Gasteiger charge is -2.03. The highest BCUT2D eigenvalue weighted by Crippen LogP contribution is 2.23. The van der Waals surface area contributed by atoms with Gasteiger partial charge in [0, 0.05) is 22.5 Å². The number of ether oxygens (including phenoxy) is 1. The summed E-state index contributed by atoms with van der Waals surface area (Å²) in [5, 5.41) is 5.18. The van der Waals surface area contributed by atoms with Gasteiger partial charge in [0.2, 0.25) is 0 Å². The highest BCUT2D eigenvalue weighted by molar-refractivity contribution is 9.10. The van der Waals surface area contributed by atoms with Crippen LogP contribution in [0.15, 0.2) is 62.3 Å². The first-order valence-electron chi connectivity index (χ1n) is 8.48. The van der Waals surface area contributed by atoms with Gasteiger partial charge in [-0.1, -0.05) is 22.0 Å². The summed E-state index contributed by atoms with van der Waals surface area (Å²) in [5.41, 5.74) is 1.07. The van der Waals surface area contributed by atoms with Crippen LogP contribution < -0.4 is 5.69 Å². The summed E-state index contributed by atoms with van der Waals surface area (Å²) in [6, 6.07) is 13.0. The average molecular weight is 430 g/mol. The van der Waals surface area contributed by atoms with Crippen molar-refractivity contribution in [2.45, 2.75) is 19.4 Å². The monoisotopic (exact) mass is 429 g/mol. The van der Waals surface area contributed by atoms with Gasteiger partial charge in [-0.3, -0.25) is 9.20 Å². The Balaban J connectivity index is 1.30. The largest absolute Gasteiger partial charge is 0.465 e. The van der Waals surface area contributed by atoms with Gasteiger partial charge in [0.05, 0.1) is 19.6 Å². The summed E-state index contributed by atoms with van der Waals surface area (Å²) in [6.45, 7) is 0.401. The number of carbonyl (C=O) groups is 1. The van der Waals surface area contributed by atoms with E-state index in [9.17, 15) is 9.59 Å². The third-order valence-corrected chi connectivity index (χ3v) is 4.65. The van der Waals surface area contributed by atoms with E-state index < -0.39 is 0 Å². The van der Waals surface area contributed by atoms with Gasteiger partial charge in [-0.15, -0.1) is 5.10 Å². The van der Waals surface area contributed by atoms with Crippen molar-refractivity contribution in [3.8, 4) is 0 Å². The lowest BCUT2D eigenvalue weighted by atomic mass is 10.2. The first kappa shape index (κ1) is 17.5. The second kappa shape index (κ2) is 7.40. The molecular formula is C19H16BrN3O4. The topological polar surface area (TPSA) is 78.7 Å². The van der Waals surface area contributed by atoms with Crippen LogP contribution >= 0.6 is 15.9 Å². The number of nitrogens with zero attached hydrogens (tertiary/aromatic N) is 3. The first-order chi connectivity index (χ1) is 13.1. The van der Waals surface area contributed by atoms with E-state index >= 15 is 0 Å². The number of pyridine rings is 1. The van der Waals surface area contributed by atoms with E-state index in [2.05, 4.69) is 21.0 Å². The number of fused-ring (bicyclic) bond motifs is 2. The number of benzene rings is 1. The van der Waals surface area contributed by atoms with Crippen molar-refractivity contribution in [3.63, 3.8) is 0 Å². The Morgan fingerprint density at radius 2 is 2.11 bits per heavy atom. The minimum Gasteiger partial charge on any atom is -0.465 e. The molecule has 1 aromatic carbocycles. The van der Waals surface area contributed by atoms with Crippen LogP contribution in [-0.4, -0.2) is 26.8 Å². The molecule has 3 aromatic heterocycles. The quantitative estimate of drug-likeness (QED) is 0.439. The molecule has 0 atom stereocenters. The van der Waals surface area contributed by atoms with E-state index in [0.29, 0.717) is 12.1 Å². The van der Waals surface area contributed by atoms with Gasteiger partial charge in [-0.25, -0.2) is 9.48 Å². The first-order valence-corrected chi connectivity index (χ1v) is 9.27. The number of aromatic nitrogens is 3. The molecule has 0 saturated heterocycles. The number of esters is 1. The zero-order valence-electron chi connectivity index (χ0n) is 14.3. The molecule has 0 saturated carbocycles. The Hall–Kier alpha value is -2.87. The second-order valence-corrected chi connectivity index (χ2v) is 6.97. The third-order valence-electron chi connectivity index (χ3n) is 4.16. The maximum Gasteiger partial charge on any atom is 0.350 e. The maximum atomic E-state index is 12.1. The lowest BCUT2D eigenvalue weighted by molar-refractivity contribution is -0.143. The molecule has 7 nitrogen and oxygen atoms in total. The molecule has 4 aromatic rings. The van der Waals surface area contributed by atoms with Crippen molar-refractivity contribution in [2.75, 3.05) is 6.61 Å². The Labute approximate surface area is 162 Å². The van der Waals surface area contributed by atoms with Gasteiger partial charge in [-0.05, 0) is 36.4 Å². The summed E-state index contributed by atoms with van der Waals surface area (Å²) in [5.74, 6) is 0.380. The fraction of sp³-hybridized carbons (Fsp3) is 0.211. The van der Waals surface area contributed by atoms with Crippen LogP contribution in [-0.2, 0) is 22.5 Å². The van der Waals surface area contributed by atoms with E-state index in [1.54, 1.807) is 24.4 Å². The molecule has 0 radical (unpaired) electrons. The molecule has 138 valence electrons. The van der Waals surface area contributed by atoms with Crippen LogP contribution in [0.3, 0.4) is 0 Å². The summed E-state index contributed by atoms with van der Waals surface area (Å²) < 4.78 is 14.6. The van der Waals surface area contributed by atoms with Gasteiger partial charge in [0.25, 0.3) is 0 Å². The third kappa shape index (κ3) is 3.80. The van der Waals surface area contributed by atoms with Crippen molar-refractivity contribution in [1.29, 1.82) is 0 Å². The van der Waals surface area contributed by atoms with Crippen LogP contribution in [0, 0.1) is 0 Å². The smallest absolute Gasteiger partial charge is 0.350 e. The fourth-order valence-corrected chi connectivity index (χ4v) is 3.22. The number of hydrogen-bond acceptors (Lipinski definition) is 5. The molecular weight excluding hydrogens is 414 g/mol. The molecule has 0 aliphatic rings. The van der Waals surface area contributed by atoms with Crippen molar-refractivity contribution >= 4 is 38.5 Å². The van der Waals surface area contributed by atoms with Crippen LogP contribution in [0.2, 0.25) is 0 Å². The number of aryl methyl sites for hydroxylation is 1. The SMILES string of the molecule is O=C(CCn1nc2ccccn2c1=O)OCCc1cc2cc(Br)ccc2o1. The highest BCUT2D eigenvalue weighted by Gasteiger charge is 2.10. The van der Waals surface area contributed by atoms with Crippen LogP contribution in [0.4, 0.5) is 0 Å². The molecule has 0 amide bonds. The van der Waals surface area contributed by atoms with E-state index in [1.807, 2.05) is 24.3 Å². The Morgan fingerprint density at radius 1 is 1.22 bits per heavy atom. The van der Waals surface area contributed by atoms with Gasteiger partial charge in [0.1, 0.15) is 11.3 Å². The molecule has 0 N–H and O–H groups in total. The van der Waals surface area contributed by atoms with Gasteiger partial charge in [-0.2, -0.15) is 0 Å². The Morgan fingerprint density at radius 3 is 2.96 bits per heavy atom. The highest BCUT2D eigenvalue weighted by atomic mass is 79.9. The predicted octanol–water partition coefficient (Wildman–Crippen LogP) is 3.18. The Kier molecular flexibility index (Phi) is 4.81. The predicted molar refractivity (Wildman–Crippen MR) is 103 cm³/mol. The molecule has 0 fully saturated rings. The number of hydrogen-bond donors (Lipinski definition) is 0.